The summed E-state index contributed by atoms with van der Waals surface area (Å²) in [6.45, 7) is 0. The second-order valence-corrected chi connectivity index (χ2v) is 4.59. The van der Waals surface area contributed by atoms with Crippen LogP contribution in [0, 0.1) is 5.92 Å². The summed E-state index contributed by atoms with van der Waals surface area (Å²) in [6.07, 6.45) is 5.37. The molecule has 17 heavy (non-hydrogen) atoms. The monoisotopic (exact) mass is 233 g/mol. The summed E-state index contributed by atoms with van der Waals surface area (Å²) >= 11 is 0. The molecule has 0 saturated heterocycles. The maximum atomic E-state index is 9.00. The van der Waals surface area contributed by atoms with E-state index in [0.29, 0.717) is 5.92 Å². The van der Waals surface area contributed by atoms with Gasteiger partial charge in [0.15, 0.2) is 0 Å². The van der Waals surface area contributed by atoms with Gasteiger partial charge < -0.3 is 9.94 Å². The molecule has 0 spiro atoms. The van der Waals surface area contributed by atoms with E-state index in [2.05, 4.69) is 17.3 Å². The number of ether oxygens (including phenoxy) is 1. The van der Waals surface area contributed by atoms with E-state index in [1.807, 2.05) is 12.1 Å². The molecule has 1 atom stereocenters. The highest BCUT2D eigenvalue weighted by molar-refractivity contribution is 5.87. The van der Waals surface area contributed by atoms with E-state index in [0.717, 1.165) is 37.1 Å². The Hall–Kier alpha value is -1.51. The molecule has 0 aliphatic heterocycles. The summed E-state index contributed by atoms with van der Waals surface area (Å²) in [5, 5.41) is 12.5. The average Bonchev–Trinajstić information content (AvgIpc) is 2.39. The lowest BCUT2D eigenvalue weighted by atomic mass is 9.83. The van der Waals surface area contributed by atoms with Crippen molar-refractivity contribution < 1.29 is 9.94 Å². The minimum atomic E-state index is 0.390. The molecule has 1 aromatic rings. The molecule has 1 N–H and O–H groups in total. The molecule has 1 saturated carbocycles. The van der Waals surface area contributed by atoms with Gasteiger partial charge in [-0.1, -0.05) is 23.7 Å². The van der Waals surface area contributed by atoms with E-state index in [9.17, 15) is 0 Å². The molecule has 1 aliphatic carbocycles. The third-order valence-corrected chi connectivity index (χ3v) is 3.45. The number of methoxy groups -OCH3 is 1. The fourth-order valence-electron chi connectivity index (χ4n) is 2.50. The van der Waals surface area contributed by atoms with Crippen LogP contribution in [0.5, 0.6) is 5.75 Å². The summed E-state index contributed by atoms with van der Waals surface area (Å²) in [4.78, 5) is 0. The van der Waals surface area contributed by atoms with Crippen molar-refractivity contribution in [2.75, 3.05) is 7.11 Å². The van der Waals surface area contributed by atoms with Crippen LogP contribution in [0.4, 0.5) is 0 Å². The van der Waals surface area contributed by atoms with Crippen molar-refractivity contribution in [3.8, 4) is 5.75 Å². The van der Waals surface area contributed by atoms with Gasteiger partial charge in [-0.2, -0.15) is 0 Å². The highest BCUT2D eigenvalue weighted by Crippen LogP contribution is 2.26. The van der Waals surface area contributed by atoms with Crippen LogP contribution in [0.3, 0.4) is 0 Å². The topological polar surface area (TPSA) is 41.8 Å². The third kappa shape index (κ3) is 2.99. The summed E-state index contributed by atoms with van der Waals surface area (Å²) in [5.41, 5.74) is 2.21. The number of nitrogens with zero attached hydrogens (tertiary/aromatic N) is 1. The van der Waals surface area contributed by atoms with Crippen LogP contribution in [-0.4, -0.2) is 18.0 Å². The molecule has 0 radical (unpaired) electrons. The van der Waals surface area contributed by atoms with E-state index in [-0.39, 0.29) is 0 Å². The summed E-state index contributed by atoms with van der Waals surface area (Å²) in [7, 11) is 1.68. The van der Waals surface area contributed by atoms with Crippen LogP contribution in [-0.2, 0) is 6.42 Å². The molecule has 92 valence electrons. The molecule has 0 bridgehead atoms. The zero-order valence-electron chi connectivity index (χ0n) is 10.2. The molecule has 3 nitrogen and oxygen atoms in total. The van der Waals surface area contributed by atoms with Crippen LogP contribution in [0.25, 0.3) is 0 Å². The Morgan fingerprint density at radius 1 is 1.41 bits per heavy atom. The zero-order chi connectivity index (χ0) is 12.1. The van der Waals surface area contributed by atoms with Crippen molar-refractivity contribution in [2.24, 2.45) is 11.1 Å². The molecule has 2 rings (SSSR count). The second kappa shape index (κ2) is 5.71. The largest absolute Gasteiger partial charge is 0.497 e. The molecule has 1 aromatic carbocycles. The van der Waals surface area contributed by atoms with Crippen LogP contribution in [0.15, 0.2) is 29.4 Å². The molecule has 1 unspecified atom stereocenters. The van der Waals surface area contributed by atoms with Gasteiger partial charge in [0.25, 0.3) is 0 Å². The van der Waals surface area contributed by atoms with E-state index < -0.39 is 0 Å². The SMILES string of the molecule is COc1cccc(CC2CCCCC2=NO)c1. The van der Waals surface area contributed by atoms with Crippen molar-refractivity contribution in [3.63, 3.8) is 0 Å². The van der Waals surface area contributed by atoms with Crippen LogP contribution in [0.2, 0.25) is 0 Å². The van der Waals surface area contributed by atoms with Gasteiger partial charge in [-0.05, 0) is 43.4 Å². The maximum Gasteiger partial charge on any atom is 0.119 e. The van der Waals surface area contributed by atoms with Crippen molar-refractivity contribution in [3.05, 3.63) is 29.8 Å². The molecule has 0 heterocycles. The fourth-order valence-corrected chi connectivity index (χ4v) is 2.50. The highest BCUT2D eigenvalue weighted by Gasteiger charge is 2.21. The normalized spacial score (nSPS) is 22.6. The van der Waals surface area contributed by atoms with Gasteiger partial charge in [0.2, 0.25) is 0 Å². The Labute approximate surface area is 102 Å². The summed E-state index contributed by atoms with van der Waals surface area (Å²) in [6, 6.07) is 8.12. The lowest BCUT2D eigenvalue weighted by Crippen LogP contribution is -2.21. The van der Waals surface area contributed by atoms with E-state index >= 15 is 0 Å². The Balaban J connectivity index is 2.08. The lowest BCUT2D eigenvalue weighted by molar-refractivity contribution is 0.308. The number of rotatable bonds is 3. The van der Waals surface area contributed by atoms with Crippen LogP contribution < -0.4 is 4.74 Å². The number of benzene rings is 1. The predicted molar refractivity (Wildman–Crippen MR) is 67.9 cm³/mol. The van der Waals surface area contributed by atoms with Gasteiger partial charge in [-0.15, -0.1) is 0 Å². The zero-order valence-corrected chi connectivity index (χ0v) is 10.2. The lowest BCUT2D eigenvalue weighted by Gasteiger charge is -2.23. The first-order valence-electron chi connectivity index (χ1n) is 6.17. The van der Waals surface area contributed by atoms with E-state index in [1.54, 1.807) is 7.11 Å². The summed E-state index contributed by atoms with van der Waals surface area (Å²) < 4.78 is 5.22. The van der Waals surface area contributed by atoms with Gasteiger partial charge in [-0.3, -0.25) is 0 Å². The van der Waals surface area contributed by atoms with Gasteiger partial charge in [0.1, 0.15) is 5.75 Å². The van der Waals surface area contributed by atoms with E-state index in [4.69, 9.17) is 9.94 Å². The fraction of sp³-hybridized carbons (Fsp3) is 0.500. The first kappa shape index (κ1) is 12.0. The Bertz CT molecular complexity index is 401. The average molecular weight is 233 g/mol. The Morgan fingerprint density at radius 2 is 2.29 bits per heavy atom. The standard InChI is InChI=1S/C14H19NO2/c1-17-13-7-4-5-11(10-13)9-12-6-2-3-8-14(12)15-16/h4-5,7,10,12,16H,2-3,6,8-9H2,1H3. The molecule has 1 fully saturated rings. The quantitative estimate of drug-likeness (QED) is 0.643. The molecular formula is C14H19NO2. The smallest absolute Gasteiger partial charge is 0.119 e. The number of hydrogen-bond donors (Lipinski definition) is 1. The molecule has 1 aliphatic rings. The van der Waals surface area contributed by atoms with Gasteiger partial charge >= 0.3 is 0 Å². The van der Waals surface area contributed by atoms with Gasteiger partial charge in [-0.25, -0.2) is 0 Å². The minimum absolute atomic E-state index is 0.390. The van der Waals surface area contributed by atoms with Gasteiger partial charge in [0.05, 0.1) is 12.8 Å². The molecule has 0 amide bonds. The molecular weight excluding hydrogens is 214 g/mol. The van der Waals surface area contributed by atoms with Crippen molar-refractivity contribution >= 4 is 5.71 Å². The van der Waals surface area contributed by atoms with Gasteiger partial charge in [0, 0.05) is 5.92 Å². The van der Waals surface area contributed by atoms with Crippen molar-refractivity contribution in [2.45, 2.75) is 32.1 Å². The Morgan fingerprint density at radius 3 is 3.06 bits per heavy atom. The summed E-state index contributed by atoms with van der Waals surface area (Å²) in [5.74, 6) is 1.28. The van der Waals surface area contributed by atoms with E-state index in [1.165, 1.54) is 12.0 Å². The minimum Gasteiger partial charge on any atom is -0.497 e. The number of hydrogen-bond acceptors (Lipinski definition) is 3. The Kier molecular flexibility index (Phi) is 4.02. The second-order valence-electron chi connectivity index (χ2n) is 4.59. The highest BCUT2D eigenvalue weighted by atomic mass is 16.5. The van der Waals surface area contributed by atoms with Crippen molar-refractivity contribution in [1.82, 2.24) is 0 Å². The number of oxime groups is 1. The first-order chi connectivity index (χ1) is 8.33. The molecule has 0 aromatic heterocycles. The van der Waals surface area contributed by atoms with Crippen LogP contribution in [0.1, 0.15) is 31.2 Å². The molecule has 3 heteroatoms. The predicted octanol–water partition coefficient (Wildman–Crippen LogP) is 3.26. The first-order valence-corrected chi connectivity index (χ1v) is 6.17. The van der Waals surface area contributed by atoms with Crippen molar-refractivity contribution in [1.29, 1.82) is 0 Å². The van der Waals surface area contributed by atoms with Crippen LogP contribution >= 0.6 is 0 Å². The third-order valence-electron chi connectivity index (χ3n) is 3.45. The maximum absolute atomic E-state index is 9.00.